The predicted molar refractivity (Wildman–Crippen MR) is 128 cm³/mol. The molecule has 3 aromatic carbocycles. The van der Waals surface area contributed by atoms with Crippen LogP contribution in [0.4, 0.5) is 0 Å². The van der Waals surface area contributed by atoms with Crippen LogP contribution in [0.15, 0.2) is 84.9 Å². The van der Waals surface area contributed by atoms with Crippen molar-refractivity contribution in [2.75, 3.05) is 32.8 Å². The average molecular weight is 434 g/mol. The molecule has 0 spiro atoms. The maximum atomic E-state index is 11.7. The summed E-state index contributed by atoms with van der Waals surface area (Å²) in [6.45, 7) is 4.07. The molecule has 0 aliphatic carbocycles. The molecule has 3 nitrogen and oxygen atoms in total. The van der Waals surface area contributed by atoms with E-state index in [1.807, 2.05) is 60.7 Å². The minimum Gasteiger partial charge on any atom is -0.379 e. The van der Waals surface area contributed by atoms with E-state index in [9.17, 15) is 5.11 Å². The Bertz CT molecular complexity index is 990. The number of ether oxygens (including phenoxy) is 1. The minimum absolute atomic E-state index is 0. The Morgan fingerprint density at radius 1 is 0.742 bits per heavy atom. The molecule has 4 heteroatoms. The Labute approximate surface area is 191 Å². The van der Waals surface area contributed by atoms with E-state index in [-0.39, 0.29) is 12.4 Å². The fraction of sp³-hybridized carbons (Fsp3) is 0.259. The van der Waals surface area contributed by atoms with E-state index in [4.69, 9.17) is 4.74 Å². The molecule has 1 heterocycles. The molecule has 0 radical (unpaired) electrons. The van der Waals surface area contributed by atoms with E-state index in [1.165, 1.54) is 0 Å². The van der Waals surface area contributed by atoms with Crippen molar-refractivity contribution < 1.29 is 9.84 Å². The standard InChI is InChI=1S/C27H27NO2.ClH/c29-27(25-11-5-2-6-12-25,17-7-8-18-28-19-21-30-22-20-28)26-15-13-24(14-16-26)23-9-3-1-4-10-23;/h1-6,9-16,29H,17-22H2;1H. The van der Waals surface area contributed by atoms with Crippen LogP contribution in [0.25, 0.3) is 11.1 Å². The number of halogens is 1. The number of morpholine rings is 1. The predicted octanol–water partition coefficient (Wildman–Crippen LogP) is 4.74. The van der Waals surface area contributed by atoms with E-state index >= 15 is 0 Å². The van der Waals surface area contributed by atoms with Crippen LogP contribution < -0.4 is 0 Å². The minimum atomic E-state index is -1.14. The van der Waals surface area contributed by atoms with Crippen molar-refractivity contribution in [2.24, 2.45) is 0 Å². The van der Waals surface area contributed by atoms with Gasteiger partial charge in [0, 0.05) is 19.5 Å². The molecule has 31 heavy (non-hydrogen) atoms. The van der Waals surface area contributed by atoms with Gasteiger partial charge in [0.1, 0.15) is 5.60 Å². The molecule has 1 atom stereocenters. The highest BCUT2D eigenvalue weighted by atomic mass is 35.5. The van der Waals surface area contributed by atoms with Gasteiger partial charge in [0.05, 0.1) is 19.8 Å². The molecule has 1 unspecified atom stereocenters. The molecule has 1 aliphatic heterocycles. The second-order valence-corrected chi connectivity index (χ2v) is 7.59. The first-order valence-electron chi connectivity index (χ1n) is 10.5. The summed E-state index contributed by atoms with van der Waals surface area (Å²) in [5, 5.41) is 11.7. The largest absolute Gasteiger partial charge is 0.379 e. The van der Waals surface area contributed by atoms with Crippen LogP contribution in [0.3, 0.4) is 0 Å². The first-order valence-corrected chi connectivity index (χ1v) is 10.5. The highest BCUT2D eigenvalue weighted by molar-refractivity contribution is 5.85. The quantitative estimate of drug-likeness (QED) is 0.590. The van der Waals surface area contributed by atoms with Crippen molar-refractivity contribution in [3.63, 3.8) is 0 Å². The van der Waals surface area contributed by atoms with Crippen molar-refractivity contribution in [3.05, 3.63) is 96.1 Å². The van der Waals surface area contributed by atoms with Crippen molar-refractivity contribution >= 4 is 12.4 Å². The summed E-state index contributed by atoms with van der Waals surface area (Å²) < 4.78 is 5.39. The van der Waals surface area contributed by atoms with Gasteiger partial charge in [-0.05, 0) is 22.3 Å². The number of rotatable bonds is 5. The third kappa shape index (κ3) is 5.76. The lowest BCUT2D eigenvalue weighted by molar-refractivity contribution is 0.0443. The smallest absolute Gasteiger partial charge is 0.125 e. The molecule has 1 N–H and O–H groups in total. The molecule has 1 saturated heterocycles. The fourth-order valence-electron chi connectivity index (χ4n) is 3.77. The summed E-state index contributed by atoms with van der Waals surface area (Å²) in [6, 6.07) is 28.3. The van der Waals surface area contributed by atoms with Crippen LogP contribution in [0.2, 0.25) is 0 Å². The number of hydrogen-bond donors (Lipinski definition) is 1. The lowest BCUT2D eigenvalue weighted by Crippen LogP contribution is -2.36. The summed E-state index contributed by atoms with van der Waals surface area (Å²) in [6.07, 6.45) is 0.353. The molecule has 0 amide bonds. The van der Waals surface area contributed by atoms with Gasteiger partial charge in [0.2, 0.25) is 0 Å². The van der Waals surface area contributed by atoms with Crippen LogP contribution in [0.5, 0.6) is 0 Å². The SMILES string of the molecule is Cl.OC(CC#CCN1CCOCC1)(c1ccccc1)c1ccc(-c2ccccc2)cc1. The zero-order chi connectivity index (χ0) is 20.7. The van der Waals surface area contributed by atoms with Crippen LogP contribution in [-0.4, -0.2) is 42.9 Å². The van der Waals surface area contributed by atoms with Crippen LogP contribution >= 0.6 is 12.4 Å². The molecule has 3 aromatic rings. The highest BCUT2D eigenvalue weighted by Gasteiger charge is 2.30. The summed E-state index contributed by atoms with van der Waals surface area (Å²) in [5.41, 5.74) is 2.87. The van der Waals surface area contributed by atoms with Gasteiger partial charge >= 0.3 is 0 Å². The molecule has 160 valence electrons. The van der Waals surface area contributed by atoms with E-state index in [0.717, 1.165) is 48.6 Å². The van der Waals surface area contributed by atoms with Crippen LogP contribution in [0.1, 0.15) is 17.5 Å². The number of aliphatic hydroxyl groups is 1. The van der Waals surface area contributed by atoms with Gasteiger partial charge in [0.25, 0.3) is 0 Å². The molecule has 0 aromatic heterocycles. The molecular weight excluding hydrogens is 406 g/mol. The van der Waals surface area contributed by atoms with Gasteiger partial charge in [-0.1, -0.05) is 96.8 Å². The van der Waals surface area contributed by atoms with E-state index in [1.54, 1.807) is 0 Å². The molecule has 1 fully saturated rings. The molecular formula is C27H28ClNO2. The summed E-state index contributed by atoms with van der Waals surface area (Å²) in [4.78, 5) is 2.28. The van der Waals surface area contributed by atoms with E-state index in [2.05, 4.69) is 41.0 Å². The lowest BCUT2D eigenvalue weighted by Gasteiger charge is -2.28. The van der Waals surface area contributed by atoms with Gasteiger partial charge in [-0.3, -0.25) is 4.90 Å². The van der Waals surface area contributed by atoms with Crippen molar-refractivity contribution in [1.82, 2.24) is 4.90 Å². The molecule has 1 aliphatic rings. The fourth-order valence-corrected chi connectivity index (χ4v) is 3.77. The Kier molecular flexibility index (Phi) is 8.28. The average Bonchev–Trinajstić information content (AvgIpc) is 2.83. The zero-order valence-corrected chi connectivity index (χ0v) is 18.4. The normalized spacial score (nSPS) is 15.8. The Morgan fingerprint density at radius 3 is 1.94 bits per heavy atom. The molecule has 0 bridgehead atoms. The topological polar surface area (TPSA) is 32.7 Å². The maximum Gasteiger partial charge on any atom is 0.125 e. The third-order valence-corrected chi connectivity index (χ3v) is 5.60. The number of nitrogens with zero attached hydrogens (tertiary/aromatic N) is 1. The second kappa shape index (κ2) is 11.1. The van der Waals surface area contributed by atoms with E-state index in [0.29, 0.717) is 13.0 Å². The van der Waals surface area contributed by atoms with Gasteiger partial charge in [-0.25, -0.2) is 0 Å². The molecule has 0 saturated carbocycles. The first kappa shape index (κ1) is 23.1. The second-order valence-electron chi connectivity index (χ2n) is 7.59. The highest BCUT2D eigenvalue weighted by Crippen LogP contribution is 2.34. The Morgan fingerprint density at radius 2 is 1.29 bits per heavy atom. The van der Waals surface area contributed by atoms with E-state index < -0.39 is 5.60 Å². The summed E-state index contributed by atoms with van der Waals surface area (Å²) in [7, 11) is 0. The monoisotopic (exact) mass is 433 g/mol. The zero-order valence-electron chi connectivity index (χ0n) is 17.5. The summed E-state index contributed by atoms with van der Waals surface area (Å²) in [5.74, 6) is 6.48. The number of benzene rings is 3. The van der Waals surface area contributed by atoms with Crippen molar-refractivity contribution in [1.29, 1.82) is 0 Å². The maximum absolute atomic E-state index is 11.7. The van der Waals surface area contributed by atoms with Gasteiger partial charge < -0.3 is 9.84 Å². The lowest BCUT2D eigenvalue weighted by atomic mass is 9.83. The Balaban J connectivity index is 0.00000272. The molecule has 4 rings (SSSR count). The summed E-state index contributed by atoms with van der Waals surface area (Å²) >= 11 is 0. The van der Waals surface area contributed by atoms with Gasteiger partial charge in [0.15, 0.2) is 0 Å². The van der Waals surface area contributed by atoms with Crippen LogP contribution in [-0.2, 0) is 10.3 Å². The van der Waals surface area contributed by atoms with Crippen molar-refractivity contribution in [3.8, 4) is 23.0 Å². The Hall–Kier alpha value is -2.61. The van der Waals surface area contributed by atoms with Gasteiger partial charge in [-0.2, -0.15) is 0 Å². The third-order valence-electron chi connectivity index (χ3n) is 5.60. The van der Waals surface area contributed by atoms with Crippen LogP contribution in [0, 0.1) is 11.8 Å². The number of hydrogen-bond acceptors (Lipinski definition) is 3. The first-order chi connectivity index (χ1) is 14.8. The van der Waals surface area contributed by atoms with Crippen molar-refractivity contribution in [2.45, 2.75) is 12.0 Å². The van der Waals surface area contributed by atoms with Gasteiger partial charge in [-0.15, -0.1) is 12.4 Å².